The maximum Gasteiger partial charge on any atom is 0.222 e. The van der Waals surface area contributed by atoms with Gasteiger partial charge in [-0.15, -0.1) is 0 Å². The summed E-state index contributed by atoms with van der Waals surface area (Å²) >= 11 is 0. The molecule has 0 saturated carbocycles. The van der Waals surface area contributed by atoms with Crippen LogP contribution in [0.1, 0.15) is 31.2 Å². The summed E-state index contributed by atoms with van der Waals surface area (Å²) < 4.78 is 1.78. The van der Waals surface area contributed by atoms with Crippen LogP contribution in [0.15, 0.2) is 43.0 Å². The first-order valence-electron chi connectivity index (χ1n) is 9.68. The number of aromatic nitrogens is 3. The number of carbonyl (C=O) groups excluding carboxylic acids is 1. The molecule has 1 aliphatic rings. The lowest BCUT2D eigenvalue weighted by Gasteiger charge is -2.22. The molecule has 1 aromatic heterocycles. The summed E-state index contributed by atoms with van der Waals surface area (Å²) in [5.74, 6) is 0.274. The Hall–Kier alpha value is -2.21. The zero-order valence-corrected chi connectivity index (χ0v) is 15.5. The highest BCUT2D eigenvalue weighted by molar-refractivity contribution is 5.76. The van der Waals surface area contributed by atoms with Crippen molar-refractivity contribution in [2.45, 2.75) is 38.6 Å². The Bertz CT molecular complexity index is 643. The zero-order valence-electron chi connectivity index (χ0n) is 15.5. The molecule has 0 spiro atoms. The third-order valence-corrected chi connectivity index (χ3v) is 4.97. The number of benzene rings is 1. The minimum Gasteiger partial charge on any atom is -0.341 e. The van der Waals surface area contributed by atoms with E-state index in [9.17, 15) is 4.79 Å². The highest BCUT2D eigenvalue weighted by Gasteiger charge is 2.18. The minimum absolute atomic E-state index is 0.274. The highest BCUT2D eigenvalue weighted by Crippen LogP contribution is 2.09. The fraction of sp³-hybridized carbons (Fsp3) is 0.550. The fourth-order valence-electron chi connectivity index (χ4n) is 3.49. The highest BCUT2D eigenvalue weighted by atomic mass is 16.2. The number of aryl methyl sites for hydroxylation is 2. The number of nitrogens with zero attached hydrogens (tertiary/aromatic N) is 5. The van der Waals surface area contributed by atoms with Gasteiger partial charge in [-0.05, 0) is 44.3 Å². The van der Waals surface area contributed by atoms with Crippen LogP contribution >= 0.6 is 0 Å². The van der Waals surface area contributed by atoms with Crippen LogP contribution in [0.25, 0.3) is 0 Å². The molecule has 3 rings (SSSR count). The lowest BCUT2D eigenvalue weighted by Crippen LogP contribution is -2.35. The predicted molar refractivity (Wildman–Crippen MR) is 102 cm³/mol. The van der Waals surface area contributed by atoms with E-state index in [2.05, 4.69) is 45.3 Å². The van der Waals surface area contributed by atoms with Crippen molar-refractivity contribution in [3.63, 3.8) is 0 Å². The van der Waals surface area contributed by atoms with E-state index in [0.717, 1.165) is 58.5 Å². The van der Waals surface area contributed by atoms with Gasteiger partial charge in [-0.1, -0.05) is 30.3 Å². The largest absolute Gasteiger partial charge is 0.341 e. The summed E-state index contributed by atoms with van der Waals surface area (Å²) in [4.78, 5) is 20.9. The molecule has 6 nitrogen and oxygen atoms in total. The predicted octanol–water partition coefficient (Wildman–Crippen LogP) is 2.23. The second-order valence-electron chi connectivity index (χ2n) is 6.93. The van der Waals surface area contributed by atoms with Crippen molar-refractivity contribution < 1.29 is 4.79 Å². The second-order valence-corrected chi connectivity index (χ2v) is 6.93. The first-order valence-corrected chi connectivity index (χ1v) is 9.68. The number of amides is 1. The van der Waals surface area contributed by atoms with E-state index in [1.807, 2.05) is 4.90 Å². The molecule has 0 radical (unpaired) electrons. The average molecular weight is 355 g/mol. The topological polar surface area (TPSA) is 54.3 Å². The molecule has 0 aliphatic carbocycles. The molecule has 6 heteroatoms. The molecule has 140 valence electrons. The standard InChI is InChI=1S/C20H29N5O/c26-20(10-5-14-25-18-21-17-22-25)24-13-6-12-23(15-16-24)11-4-9-19-7-2-1-3-8-19/h1-3,7-8,17-18H,4-6,9-16H2. The quantitative estimate of drug-likeness (QED) is 0.729. The van der Waals surface area contributed by atoms with Crippen LogP contribution in [-0.4, -0.2) is 63.2 Å². The summed E-state index contributed by atoms with van der Waals surface area (Å²) in [7, 11) is 0. The van der Waals surface area contributed by atoms with E-state index < -0.39 is 0 Å². The second kappa shape index (κ2) is 10.1. The molecule has 0 atom stereocenters. The first-order chi connectivity index (χ1) is 12.8. The summed E-state index contributed by atoms with van der Waals surface area (Å²) in [5.41, 5.74) is 1.41. The van der Waals surface area contributed by atoms with Crippen LogP contribution in [0, 0.1) is 0 Å². The van der Waals surface area contributed by atoms with Crippen LogP contribution in [0.3, 0.4) is 0 Å². The monoisotopic (exact) mass is 355 g/mol. The van der Waals surface area contributed by atoms with E-state index in [4.69, 9.17) is 0 Å². The van der Waals surface area contributed by atoms with E-state index in [1.165, 1.54) is 18.3 Å². The van der Waals surface area contributed by atoms with Gasteiger partial charge in [0.2, 0.25) is 5.91 Å². The molecule has 1 fully saturated rings. The molecule has 2 heterocycles. The Kier molecular flexibility index (Phi) is 7.19. The molecule has 1 aliphatic heterocycles. The summed E-state index contributed by atoms with van der Waals surface area (Å²) in [5, 5.41) is 4.07. The van der Waals surface area contributed by atoms with Gasteiger partial charge in [-0.2, -0.15) is 5.10 Å². The van der Waals surface area contributed by atoms with Gasteiger partial charge < -0.3 is 9.80 Å². The Balaban J connectivity index is 1.33. The van der Waals surface area contributed by atoms with Gasteiger partial charge >= 0.3 is 0 Å². The molecule has 1 saturated heterocycles. The van der Waals surface area contributed by atoms with Crippen molar-refractivity contribution in [2.24, 2.45) is 0 Å². The molecule has 26 heavy (non-hydrogen) atoms. The maximum atomic E-state index is 12.4. The van der Waals surface area contributed by atoms with Crippen LogP contribution in [0.5, 0.6) is 0 Å². The van der Waals surface area contributed by atoms with Crippen molar-refractivity contribution >= 4 is 5.91 Å². The van der Waals surface area contributed by atoms with Gasteiger partial charge in [0.25, 0.3) is 0 Å². The van der Waals surface area contributed by atoms with Gasteiger partial charge in [0.15, 0.2) is 0 Å². The fourth-order valence-corrected chi connectivity index (χ4v) is 3.49. The third kappa shape index (κ3) is 5.95. The van der Waals surface area contributed by atoms with Crippen LogP contribution in [0.2, 0.25) is 0 Å². The van der Waals surface area contributed by atoms with Crippen molar-refractivity contribution in [3.8, 4) is 0 Å². The lowest BCUT2D eigenvalue weighted by atomic mass is 10.1. The van der Waals surface area contributed by atoms with Gasteiger partial charge in [0.1, 0.15) is 12.7 Å². The number of carbonyl (C=O) groups is 1. The molecule has 1 amide bonds. The van der Waals surface area contributed by atoms with E-state index in [0.29, 0.717) is 6.42 Å². The Morgan fingerprint density at radius 1 is 1.00 bits per heavy atom. The van der Waals surface area contributed by atoms with E-state index in [1.54, 1.807) is 11.0 Å². The summed E-state index contributed by atoms with van der Waals surface area (Å²) in [6, 6.07) is 10.7. The molecule has 2 aromatic rings. The van der Waals surface area contributed by atoms with Crippen LogP contribution < -0.4 is 0 Å². The molecular formula is C20H29N5O. The number of hydrogen-bond donors (Lipinski definition) is 0. The van der Waals surface area contributed by atoms with Crippen molar-refractivity contribution in [1.82, 2.24) is 24.6 Å². The van der Waals surface area contributed by atoms with Gasteiger partial charge in [-0.25, -0.2) is 4.98 Å². The van der Waals surface area contributed by atoms with Gasteiger partial charge in [0, 0.05) is 32.6 Å². The third-order valence-electron chi connectivity index (χ3n) is 4.97. The first kappa shape index (κ1) is 18.6. The molecule has 0 bridgehead atoms. The molecule has 0 unspecified atom stereocenters. The normalized spacial score (nSPS) is 15.8. The lowest BCUT2D eigenvalue weighted by molar-refractivity contribution is -0.131. The van der Waals surface area contributed by atoms with Gasteiger partial charge in [0.05, 0.1) is 0 Å². The van der Waals surface area contributed by atoms with Crippen LogP contribution in [-0.2, 0) is 17.8 Å². The SMILES string of the molecule is O=C(CCCn1cncn1)N1CCCN(CCCc2ccccc2)CC1. The van der Waals surface area contributed by atoms with Crippen molar-refractivity contribution in [1.29, 1.82) is 0 Å². The average Bonchev–Trinajstić information content (AvgIpc) is 3.07. The van der Waals surface area contributed by atoms with Crippen molar-refractivity contribution in [3.05, 3.63) is 48.5 Å². The van der Waals surface area contributed by atoms with Crippen LogP contribution in [0.4, 0.5) is 0 Å². The number of rotatable bonds is 8. The molecule has 0 N–H and O–H groups in total. The smallest absolute Gasteiger partial charge is 0.222 e. The Labute approximate surface area is 155 Å². The molecule has 1 aromatic carbocycles. The number of hydrogen-bond acceptors (Lipinski definition) is 4. The molecular weight excluding hydrogens is 326 g/mol. The van der Waals surface area contributed by atoms with Crippen molar-refractivity contribution in [2.75, 3.05) is 32.7 Å². The minimum atomic E-state index is 0.274. The van der Waals surface area contributed by atoms with E-state index in [-0.39, 0.29) is 5.91 Å². The Morgan fingerprint density at radius 3 is 2.69 bits per heavy atom. The zero-order chi connectivity index (χ0) is 18.0. The summed E-state index contributed by atoms with van der Waals surface area (Å²) in [6.07, 6.45) is 8.01. The maximum absolute atomic E-state index is 12.4. The van der Waals surface area contributed by atoms with Gasteiger partial charge in [-0.3, -0.25) is 9.48 Å². The summed E-state index contributed by atoms with van der Waals surface area (Å²) in [6.45, 7) is 5.69. The van der Waals surface area contributed by atoms with E-state index >= 15 is 0 Å². The Morgan fingerprint density at radius 2 is 1.88 bits per heavy atom.